The van der Waals surface area contributed by atoms with Gasteiger partial charge in [0.15, 0.2) is 0 Å². The van der Waals surface area contributed by atoms with Crippen molar-refractivity contribution in [2.45, 2.75) is 27.7 Å². The van der Waals surface area contributed by atoms with Crippen molar-refractivity contribution in [3.63, 3.8) is 0 Å². The fraction of sp³-hybridized carbons (Fsp3) is 0.800. The van der Waals surface area contributed by atoms with Crippen molar-refractivity contribution in [1.29, 1.82) is 0 Å². The fourth-order valence-corrected chi connectivity index (χ4v) is 2.82. The highest BCUT2D eigenvalue weighted by Crippen LogP contribution is 2.49. The molecule has 0 aromatic rings. The summed E-state index contributed by atoms with van der Waals surface area (Å²) in [6.45, 7) is 8.72. The molecule has 4 nitrogen and oxygen atoms in total. The summed E-state index contributed by atoms with van der Waals surface area (Å²) in [5, 5.41) is 0. The van der Waals surface area contributed by atoms with Crippen molar-refractivity contribution in [2.75, 3.05) is 26.0 Å². The number of rotatable bonds is 8. The van der Waals surface area contributed by atoms with Crippen LogP contribution in [0.15, 0.2) is 11.8 Å². The van der Waals surface area contributed by atoms with Crippen LogP contribution in [-0.2, 0) is 18.3 Å². The highest BCUT2D eigenvalue weighted by Gasteiger charge is 2.23. The lowest BCUT2D eigenvalue weighted by Crippen LogP contribution is -2.01. The fourth-order valence-electron chi connectivity index (χ4n) is 1.09. The summed E-state index contributed by atoms with van der Waals surface area (Å²) < 4.78 is 27.5. The molecule has 0 saturated heterocycles. The largest absolute Gasteiger partial charge is 0.502 e. The maximum absolute atomic E-state index is 12.0. The van der Waals surface area contributed by atoms with E-state index >= 15 is 0 Å². The Morgan fingerprint density at radius 3 is 2.07 bits per heavy atom. The van der Waals surface area contributed by atoms with Crippen LogP contribution in [-0.4, -0.2) is 26.0 Å². The molecule has 0 spiro atoms. The Hall–Kier alpha value is -0.310. The molecule has 0 aromatic heterocycles. The zero-order valence-corrected chi connectivity index (χ0v) is 10.9. The van der Waals surface area contributed by atoms with Gasteiger partial charge in [0.25, 0.3) is 0 Å². The first-order chi connectivity index (χ1) is 7.08. The standard InChI is InChI=1S/C10H21O4P/c1-5-12-8-10(4)9-15(11,13-6-2)14-7-3/h8H,5-7,9H2,1-4H3/b10-8+. The van der Waals surface area contributed by atoms with E-state index in [2.05, 4.69) is 0 Å². The molecular formula is C10H21O4P. The molecule has 90 valence electrons. The molecule has 0 aliphatic carbocycles. The van der Waals surface area contributed by atoms with E-state index in [0.717, 1.165) is 5.57 Å². The molecule has 0 amide bonds. The number of hydrogen-bond donors (Lipinski definition) is 0. The molecule has 0 bridgehead atoms. The van der Waals surface area contributed by atoms with Crippen molar-refractivity contribution >= 4 is 7.60 Å². The lowest BCUT2D eigenvalue weighted by atomic mass is 10.4. The van der Waals surface area contributed by atoms with E-state index in [1.54, 1.807) is 20.1 Å². The minimum atomic E-state index is -2.96. The molecule has 0 unspecified atom stereocenters. The van der Waals surface area contributed by atoms with E-state index in [1.807, 2.05) is 13.8 Å². The molecule has 0 radical (unpaired) electrons. The normalized spacial score (nSPS) is 12.9. The van der Waals surface area contributed by atoms with Gasteiger partial charge in [-0.3, -0.25) is 4.57 Å². The first-order valence-corrected chi connectivity index (χ1v) is 6.96. The Labute approximate surface area is 92.1 Å². The third-order valence-electron chi connectivity index (χ3n) is 1.55. The Morgan fingerprint density at radius 2 is 1.67 bits per heavy atom. The summed E-state index contributed by atoms with van der Waals surface area (Å²) in [6.07, 6.45) is 1.89. The molecule has 5 heteroatoms. The van der Waals surface area contributed by atoms with Crippen LogP contribution < -0.4 is 0 Å². The smallest absolute Gasteiger partial charge is 0.334 e. The minimum absolute atomic E-state index is 0.286. The van der Waals surface area contributed by atoms with E-state index in [4.69, 9.17) is 13.8 Å². The predicted molar refractivity (Wildman–Crippen MR) is 61.1 cm³/mol. The Bertz CT molecular complexity index is 228. The monoisotopic (exact) mass is 236 g/mol. The van der Waals surface area contributed by atoms with E-state index < -0.39 is 7.60 Å². The van der Waals surface area contributed by atoms with Crippen LogP contribution >= 0.6 is 7.60 Å². The third-order valence-corrected chi connectivity index (χ3v) is 3.74. The van der Waals surface area contributed by atoms with E-state index in [1.165, 1.54) is 0 Å². The second-order valence-electron chi connectivity index (χ2n) is 3.02. The average Bonchev–Trinajstić information content (AvgIpc) is 2.15. The van der Waals surface area contributed by atoms with Gasteiger partial charge in [0.1, 0.15) is 0 Å². The van der Waals surface area contributed by atoms with Gasteiger partial charge in [-0.1, -0.05) is 0 Å². The summed E-state index contributed by atoms with van der Waals surface area (Å²) in [6, 6.07) is 0. The summed E-state index contributed by atoms with van der Waals surface area (Å²) in [5.74, 6) is 0. The Kier molecular flexibility index (Phi) is 7.75. The number of ether oxygens (including phenoxy) is 1. The van der Waals surface area contributed by atoms with Gasteiger partial charge in [-0.25, -0.2) is 0 Å². The van der Waals surface area contributed by atoms with Crippen LogP contribution in [0.5, 0.6) is 0 Å². The van der Waals surface area contributed by atoms with Gasteiger partial charge in [0, 0.05) is 0 Å². The molecule has 0 saturated carbocycles. The van der Waals surface area contributed by atoms with Gasteiger partial charge in [-0.15, -0.1) is 0 Å². The van der Waals surface area contributed by atoms with Gasteiger partial charge in [-0.2, -0.15) is 0 Å². The van der Waals surface area contributed by atoms with E-state index in [0.29, 0.717) is 19.8 Å². The average molecular weight is 236 g/mol. The maximum Gasteiger partial charge on any atom is 0.334 e. The molecule has 0 fully saturated rings. The molecular weight excluding hydrogens is 215 g/mol. The molecule has 0 atom stereocenters. The first kappa shape index (κ1) is 14.7. The Morgan fingerprint density at radius 1 is 1.13 bits per heavy atom. The summed E-state index contributed by atoms with van der Waals surface area (Å²) >= 11 is 0. The molecule has 0 aromatic carbocycles. The predicted octanol–water partition coefficient (Wildman–Crippen LogP) is 3.19. The summed E-state index contributed by atoms with van der Waals surface area (Å²) in [7, 11) is -2.96. The third kappa shape index (κ3) is 6.72. The molecule has 0 aliphatic heterocycles. The van der Waals surface area contributed by atoms with Crippen LogP contribution in [0.25, 0.3) is 0 Å². The zero-order chi connectivity index (χ0) is 11.7. The van der Waals surface area contributed by atoms with Crippen LogP contribution in [0, 0.1) is 0 Å². The van der Waals surface area contributed by atoms with Crippen LogP contribution in [0.4, 0.5) is 0 Å². The molecule has 0 heterocycles. The zero-order valence-electron chi connectivity index (χ0n) is 9.99. The summed E-state index contributed by atoms with van der Waals surface area (Å²) in [5.41, 5.74) is 0.863. The van der Waals surface area contributed by atoms with Crippen LogP contribution in [0.1, 0.15) is 27.7 Å². The second-order valence-corrected chi connectivity index (χ2v) is 5.08. The highest BCUT2D eigenvalue weighted by molar-refractivity contribution is 7.54. The van der Waals surface area contributed by atoms with Crippen molar-refractivity contribution in [1.82, 2.24) is 0 Å². The van der Waals surface area contributed by atoms with E-state index in [9.17, 15) is 4.57 Å². The van der Waals surface area contributed by atoms with Gasteiger partial charge >= 0.3 is 7.60 Å². The topological polar surface area (TPSA) is 44.8 Å². The van der Waals surface area contributed by atoms with Crippen molar-refractivity contribution < 1.29 is 18.3 Å². The van der Waals surface area contributed by atoms with Gasteiger partial charge in [0.05, 0.1) is 32.2 Å². The number of hydrogen-bond acceptors (Lipinski definition) is 4. The SMILES string of the molecule is CCO/C=C(\C)CP(=O)(OCC)OCC. The lowest BCUT2D eigenvalue weighted by molar-refractivity contribution is 0.221. The quantitative estimate of drug-likeness (QED) is 0.479. The van der Waals surface area contributed by atoms with Crippen molar-refractivity contribution in [3.05, 3.63) is 11.8 Å². The molecule has 15 heavy (non-hydrogen) atoms. The maximum atomic E-state index is 12.0. The van der Waals surface area contributed by atoms with Crippen molar-refractivity contribution in [3.8, 4) is 0 Å². The molecule has 0 rings (SSSR count). The molecule has 0 N–H and O–H groups in total. The first-order valence-electron chi connectivity index (χ1n) is 5.23. The van der Waals surface area contributed by atoms with Crippen LogP contribution in [0.3, 0.4) is 0 Å². The summed E-state index contributed by atoms with van der Waals surface area (Å²) in [4.78, 5) is 0. The van der Waals surface area contributed by atoms with Gasteiger partial charge < -0.3 is 13.8 Å². The second kappa shape index (κ2) is 7.91. The minimum Gasteiger partial charge on any atom is -0.502 e. The highest BCUT2D eigenvalue weighted by atomic mass is 31.2. The number of allylic oxidation sites excluding steroid dienone is 1. The Balaban J connectivity index is 4.33. The van der Waals surface area contributed by atoms with Crippen LogP contribution in [0.2, 0.25) is 0 Å². The lowest BCUT2D eigenvalue weighted by Gasteiger charge is -2.16. The van der Waals surface area contributed by atoms with Crippen molar-refractivity contribution in [2.24, 2.45) is 0 Å². The van der Waals surface area contributed by atoms with Gasteiger partial charge in [0.2, 0.25) is 0 Å². The van der Waals surface area contributed by atoms with E-state index in [-0.39, 0.29) is 6.16 Å². The van der Waals surface area contributed by atoms with Gasteiger partial charge in [-0.05, 0) is 33.3 Å². The molecule has 0 aliphatic rings.